The number of halogens is 1. The Morgan fingerprint density at radius 1 is 1.67 bits per heavy atom. The molecule has 0 aromatic carbocycles. The highest BCUT2D eigenvalue weighted by Crippen LogP contribution is 2.19. The molecule has 2 heterocycles. The molecule has 0 spiro atoms. The summed E-state index contributed by atoms with van der Waals surface area (Å²) in [5.74, 6) is 1.11. The van der Waals surface area contributed by atoms with E-state index in [0.717, 1.165) is 24.5 Å². The van der Waals surface area contributed by atoms with Crippen molar-refractivity contribution in [3.8, 4) is 0 Å². The average molecular weight is 288 g/mol. The molecule has 6 heteroatoms. The number of nitrogens with two attached hydrogens (primary N) is 1. The van der Waals surface area contributed by atoms with Gasteiger partial charge in [0.15, 0.2) is 0 Å². The van der Waals surface area contributed by atoms with Crippen LogP contribution in [0.3, 0.4) is 0 Å². The van der Waals surface area contributed by atoms with Crippen molar-refractivity contribution in [1.29, 1.82) is 0 Å². The van der Waals surface area contributed by atoms with E-state index in [2.05, 4.69) is 11.9 Å². The molecule has 2 rings (SSSR count). The van der Waals surface area contributed by atoms with E-state index in [1.54, 1.807) is 18.3 Å². The third-order valence-corrected chi connectivity index (χ3v) is 3.94. The Bertz CT molecular complexity index is 416. The summed E-state index contributed by atoms with van der Waals surface area (Å²) < 4.78 is 0. The Labute approximate surface area is 118 Å². The summed E-state index contributed by atoms with van der Waals surface area (Å²) in [6.45, 7) is 4.17. The third kappa shape index (κ3) is 3.60. The quantitative estimate of drug-likeness (QED) is 0.896. The van der Waals surface area contributed by atoms with Crippen LogP contribution in [0.5, 0.6) is 0 Å². The summed E-state index contributed by atoms with van der Waals surface area (Å²) >= 11 is 1.92. The summed E-state index contributed by atoms with van der Waals surface area (Å²) in [6, 6.07) is 3.54. The van der Waals surface area contributed by atoms with Gasteiger partial charge in [0.1, 0.15) is 0 Å². The lowest BCUT2D eigenvalue weighted by Gasteiger charge is -2.30. The first-order chi connectivity index (χ1) is 8.20. The van der Waals surface area contributed by atoms with Crippen molar-refractivity contribution < 1.29 is 4.79 Å². The summed E-state index contributed by atoms with van der Waals surface area (Å²) in [4.78, 5) is 18.3. The second kappa shape index (κ2) is 6.97. The van der Waals surface area contributed by atoms with E-state index in [1.807, 2.05) is 16.7 Å². The van der Waals surface area contributed by atoms with Crippen molar-refractivity contribution in [1.82, 2.24) is 9.88 Å². The van der Waals surface area contributed by atoms with Crippen molar-refractivity contribution in [2.45, 2.75) is 18.7 Å². The van der Waals surface area contributed by atoms with Gasteiger partial charge in [-0.1, -0.05) is 6.92 Å². The zero-order chi connectivity index (χ0) is 12.3. The number of carbonyl (C=O) groups is 1. The summed E-state index contributed by atoms with van der Waals surface area (Å²) in [7, 11) is 0. The van der Waals surface area contributed by atoms with E-state index in [-0.39, 0.29) is 18.3 Å². The number of aromatic nitrogens is 1. The number of amides is 1. The Morgan fingerprint density at radius 2 is 2.44 bits per heavy atom. The number of hydrogen-bond acceptors (Lipinski definition) is 4. The zero-order valence-electron chi connectivity index (χ0n) is 10.3. The zero-order valence-corrected chi connectivity index (χ0v) is 12.0. The predicted octanol–water partition coefficient (Wildman–Crippen LogP) is 1.54. The van der Waals surface area contributed by atoms with E-state index < -0.39 is 0 Å². The minimum Gasteiger partial charge on any atom is -0.337 e. The fourth-order valence-electron chi connectivity index (χ4n) is 1.91. The van der Waals surface area contributed by atoms with Gasteiger partial charge in [0.2, 0.25) is 0 Å². The number of pyridine rings is 1. The molecule has 1 aliphatic rings. The van der Waals surface area contributed by atoms with Crippen molar-refractivity contribution >= 4 is 30.1 Å². The number of hydrogen-bond donors (Lipinski definition) is 1. The number of rotatable bonds is 2. The molecule has 1 aliphatic heterocycles. The maximum atomic E-state index is 12.3. The Hall–Kier alpha value is -0.780. The molecule has 100 valence electrons. The fourth-order valence-corrected chi connectivity index (χ4v) is 2.92. The lowest BCUT2D eigenvalue weighted by Crippen LogP contribution is -2.41. The first-order valence-corrected chi connectivity index (χ1v) is 6.81. The lowest BCUT2D eigenvalue weighted by atomic mass is 10.2. The topological polar surface area (TPSA) is 59.2 Å². The average Bonchev–Trinajstić information content (AvgIpc) is 2.38. The van der Waals surface area contributed by atoms with E-state index in [1.165, 1.54) is 0 Å². The van der Waals surface area contributed by atoms with Gasteiger partial charge >= 0.3 is 0 Å². The predicted molar refractivity (Wildman–Crippen MR) is 77.2 cm³/mol. The molecule has 1 aromatic rings. The van der Waals surface area contributed by atoms with Gasteiger partial charge < -0.3 is 10.6 Å². The largest absolute Gasteiger partial charge is 0.337 e. The molecule has 1 unspecified atom stereocenters. The van der Waals surface area contributed by atoms with Crippen LogP contribution in [-0.2, 0) is 6.54 Å². The minimum absolute atomic E-state index is 0. The number of thioether (sulfide) groups is 1. The van der Waals surface area contributed by atoms with Crippen LogP contribution in [0.1, 0.15) is 23.0 Å². The Kier molecular flexibility index (Phi) is 5.91. The number of nitrogens with zero attached hydrogens (tertiary/aromatic N) is 2. The molecule has 0 saturated carbocycles. The number of carbonyl (C=O) groups excluding carboxylic acids is 1. The van der Waals surface area contributed by atoms with Gasteiger partial charge in [-0.2, -0.15) is 11.8 Å². The minimum atomic E-state index is 0. The molecule has 1 aromatic heterocycles. The maximum Gasteiger partial charge on any atom is 0.254 e. The Morgan fingerprint density at radius 3 is 3.11 bits per heavy atom. The van der Waals surface area contributed by atoms with E-state index in [0.29, 0.717) is 17.4 Å². The van der Waals surface area contributed by atoms with Crippen LogP contribution < -0.4 is 5.73 Å². The third-order valence-electron chi connectivity index (χ3n) is 2.80. The van der Waals surface area contributed by atoms with Crippen LogP contribution in [0.2, 0.25) is 0 Å². The molecule has 1 atom stereocenters. The molecule has 18 heavy (non-hydrogen) atoms. The highest BCUT2D eigenvalue weighted by molar-refractivity contribution is 7.99. The second-order valence-electron chi connectivity index (χ2n) is 4.17. The van der Waals surface area contributed by atoms with Crippen molar-refractivity contribution in [3.05, 3.63) is 29.6 Å². The van der Waals surface area contributed by atoms with Gasteiger partial charge in [-0.25, -0.2) is 0 Å². The van der Waals surface area contributed by atoms with Crippen LogP contribution in [-0.4, -0.2) is 39.9 Å². The first-order valence-electron chi connectivity index (χ1n) is 5.76. The normalized spacial score (nSPS) is 19.2. The van der Waals surface area contributed by atoms with Gasteiger partial charge in [0, 0.05) is 42.4 Å². The van der Waals surface area contributed by atoms with Crippen LogP contribution in [0.15, 0.2) is 18.3 Å². The van der Waals surface area contributed by atoms with E-state index in [4.69, 9.17) is 5.73 Å². The molecule has 2 N–H and O–H groups in total. The molecular weight excluding hydrogens is 270 g/mol. The molecular formula is C12H18ClN3OS. The smallest absolute Gasteiger partial charge is 0.254 e. The second-order valence-corrected chi connectivity index (χ2v) is 5.72. The van der Waals surface area contributed by atoms with Gasteiger partial charge in [0.05, 0.1) is 5.69 Å². The van der Waals surface area contributed by atoms with Gasteiger partial charge in [-0.05, 0) is 12.1 Å². The fraction of sp³-hybridized carbons (Fsp3) is 0.500. The summed E-state index contributed by atoms with van der Waals surface area (Å²) in [5.41, 5.74) is 6.98. The van der Waals surface area contributed by atoms with Crippen LogP contribution >= 0.6 is 24.2 Å². The Balaban J connectivity index is 0.00000162. The molecule has 0 aliphatic carbocycles. The lowest BCUT2D eigenvalue weighted by molar-refractivity contribution is 0.0763. The molecule has 4 nitrogen and oxygen atoms in total. The van der Waals surface area contributed by atoms with Gasteiger partial charge in [-0.15, -0.1) is 12.4 Å². The van der Waals surface area contributed by atoms with E-state index >= 15 is 0 Å². The van der Waals surface area contributed by atoms with Crippen molar-refractivity contribution in [2.75, 3.05) is 18.8 Å². The summed E-state index contributed by atoms with van der Waals surface area (Å²) in [6.07, 6.45) is 1.65. The first kappa shape index (κ1) is 15.3. The molecule has 1 amide bonds. The molecule has 1 saturated heterocycles. The standard InChI is InChI=1S/C12H17N3OS.ClH/c1-9-8-15(4-5-17-9)12(16)10-2-3-14-11(6-10)7-13;/h2-3,6,9H,4-5,7-8,13H2,1H3;1H. The van der Waals surface area contributed by atoms with Gasteiger partial charge in [-0.3, -0.25) is 9.78 Å². The highest BCUT2D eigenvalue weighted by Gasteiger charge is 2.22. The van der Waals surface area contributed by atoms with Crippen molar-refractivity contribution in [3.63, 3.8) is 0 Å². The molecule has 0 bridgehead atoms. The van der Waals surface area contributed by atoms with Crippen LogP contribution in [0.25, 0.3) is 0 Å². The highest BCUT2D eigenvalue weighted by atomic mass is 35.5. The maximum absolute atomic E-state index is 12.3. The SMILES string of the molecule is CC1CN(C(=O)c2ccnc(CN)c2)CCS1.Cl. The summed E-state index contributed by atoms with van der Waals surface area (Å²) in [5, 5.41) is 0.517. The van der Waals surface area contributed by atoms with Crippen LogP contribution in [0.4, 0.5) is 0 Å². The van der Waals surface area contributed by atoms with E-state index in [9.17, 15) is 4.79 Å². The molecule has 0 radical (unpaired) electrons. The monoisotopic (exact) mass is 287 g/mol. The van der Waals surface area contributed by atoms with Gasteiger partial charge in [0.25, 0.3) is 5.91 Å². The van der Waals surface area contributed by atoms with Crippen LogP contribution in [0, 0.1) is 0 Å². The van der Waals surface area contributed by atoms with Crippen molar-refractivity contribution in [2.24, 2.45) is 5.73 Å². The molecule has 1 fully saturated rings.